The molecule has 0 aliphatic carbocycles. The maximum Gasteiger partial charge on any atom is 0.128 e. The van der Waals surface area contributed by atoms with Crippen molar-refractivity contribution >= 4 is 17.2 Å². The predicted molar refractivity (Wildman–Crippen MR) is 78.1 cm³/mol. The van der Waals surface area contributed by atoms with Gasteiger partial charge < -0.3 is 5.73 Å². The van der Waals surface area contributed by atoms with Gasteiger partial charge in [-0.1, -0.05) is 31.3 Å². The van der Waals surface area contributed by atoms with Crippen LogP contribution in [0.1, 0.15) is 38.3 Å². The van der Waals surface area contributed by atoms with Crippen molar-refractivity contribution in [1.82, 2.24) is 4.90 Å². The Morgan fingerprint density at radius 2 is 2.06 bits per heavy atom. The van der Waals surface area contributed by atoms with Crippen LogP contribution >= 0.6 is 12.2 Å². The lowest BCUT2D eigenvalue weighted by molar-refractivity contribution is 0.141. The maximum absolute atomic E-state index is 13.9. The van der Waals surface area contributed by atoms with Gasteiger partial charge in [0.05, 0.1) is 0 Å². The summed E-state index contributed by atoms with van der Waals surface area (Å²) < 4.78 is 13.9. The summed E-state index contributed by atoms with van der Waals surface area (Å²) in [6.07, 6.45) is 1.01. The fourth-order valence-corrected chi connectivity index (χ4v) is 1.70. The first-order valence-corrected chi connectivity index (χ1v) is 6.48. The number of benzene rings is 1. The minimum absolute atomic E-state index is 0.0499. The summed E-state index contributed by atoms with van der Waals surface area (Å²) in [5.41, 5.74) is 6.77. The van der Waals surface area contributed by atoms with Gasteiger partial charge in [-0.3, -0.25) is 4.90 Å². The van der Waals surface area contributed by atoms with E-state index in [4.69, 9.17) is 18.0 Å². The largest absolute Gasteiger partial charge is 0.389 e. The van der Waals surface area contributed by atoms with Crippen molar-refractivity contribution in [2.75, 3.05) is 7.05 Å². The minimum Gasteiger partial charge on any atom is -0.389 e. The number of nitrogens with zero attached hydrogens (tertiary/aromatic N) is 1. The van der Waals surface area contributed by atoms with Gasteiger partial charge in [0.15, 0.2) is 0 Å². The average molecular weight is 268 g/mol. The highest BCUT2D eigenvalue weighted by molar-refractivity contribution is 7.80. The predicted octanol–water partition coefficient (Wildman–Crippen LogP) is 3.08. The van der Waals surface area contributed by atoms with E-state index in [1.165, 1.54) is 6.07 Å². The molecule has 2 N–H and O–H groups in total. The van der Waals surface area contributed by atoms with E-state index in [2.05, 4.69) is 25.7 Å². The molecule has 1 aromatic carbocycles. The normalized spacial score (nSPS) is 11.9. The Morgan fingerprint density at radius 1 is 1.44 bits per heavy atom. The zero-order valence-electron chi connectivity index (χ0n) is 11.5. The monoisotopic (exact) mass is 268 g/mol. The highest BCUT2D eigenvalue weighted by Gasteiger charge is 2.21. The van der Waals surface area contributed by atoms with E-state index < -0.39 is 0 Å². The van der Waals surface area contributed by atoms with E-state index in [0.29, 0.717) is 17.7 Å². The van der Waals surface area contributed by atoms with E-state index in [0.717, 1.165) is 6.42 Å². The van der Waals surface area contributed by atoms with E-state index in [1.54, 1.807) is 12.1 Å². The summed E-state index contributed by atoms with van der Waals surface area (Å²) in [4.78, 5) is 2.37. The van der Waals surface area contributed by atoms with E-state index in [-0.39, 0.29) is 16.3 Å². The third-order valence-electron chi connectivity index (χ3n) is 3.64. The molecule has 0 aromatic heterocycles. The smallest absolute Gasteiger partial charge is 0.128 e. The molecule has 0 heterocycles. The summed E-state index contributed by atoms with van der Waals surface area (Å²) >= 11 is 4.83. The van der Waals surface area contributed by atoms with Crippen LogP contribution in [0.15, 0.2) is 18.2 Å². The molecule has 0 aliphatic heterocycles. The lowest BCUT2D eigenvalue weighted by Gasteiger charge is -2.35. The van der Waals surface area contributed by atoms with Crippen LogP contribution in [0.25, 0.3) is 0 Å². The van der Waals surface area contributed by atoms with Crippen LogP contribution in [0.2, 0.25) is 0 Å². The molecule has 0 atom stereocenters. The first kappa shape index (κ1) is 15.1. The van der Waals surface area contributed by atoms with E-state index in [9.17, 15) is 4.39 Å². The number of halogens is 1. The van der Waals surface area contributed by atoms with Gasteiger partial charge in [0.25, 0.3) is 0 Å². The summed E-state index contributed by atoms with van der Waals surface area (Å²) in [7, 11) is 2.00. The molecule has 0 aliphatic rings. The first-order chi connectivity index (χ1) is 8.27. The molecule has 0 radical (unpaired) electrons. The van der Waals surface area contributed by atoms with Crippen LogP contribution in [0.5, 0.6) is 0 Å². The molecule has 2 nitrogen and oxygen atoms in total. The molecule has 100 valence electrons. The van der Waals surface area contributed by atoms with Crippen molar-refractivity contribution in [2.24, 2.45) is 5.73 Å². The Balaban J connectivity index is 2.89. The molecular weight excluding hydrogens is 247 g/mol. The molecule has 1 rings (SSSR count). The number of thiocarbonyl (C=S) groups is 1. The Hall–Kier alpha value is -1.00. The number of rotatable bonds is 5. The van der Waals surface area contributed by atoms with Gasteiger partial charge >= 0.3 is 0 Å². The fraction of sp³-hybridized carbons (Fsp3) is 0.500. The molecule has 1 aromatic rings. The summed E-state index contributed by atoms with van der Waals surface area (Å²) in [6.45, 7) is 7.00. The molecule has 0 saturated carbocycles. The highest BCUT2D eigenvalue weighted by atomic mass is 32.1. The maximum atomic E-state index is 13.9. The minimum atomic E-state index is -0.251. The molecule has 0 unspecified atom stereocenters. The van der Waals surface area contributed by atoms with Crippen molar-refractivity contribution in [2.45, 2.75) is 39.3 Å². The Bertz CT molecular complexity index is 443. The fourth-order valence-electron chi connectivity index (χ4n) is 1.57. The Labute approximate surface area is 114 Å². The second-order valence-corrected chi connectivity index (χ2v) is 5.63. The van der Waals surface area contributed by atoms with Gasteiger partial charge in [-0.05, 0) is 33.4 Å². The van der Waals surface area contributed by atoms with Crippen molar-refractivity contribution in [1.29, 1.82) is 0 Å². The molecular formula is C14H21FN2S. The molecule has 4 heteroatoms. The van der Waals surface area contributed by atoms with E-state index in [1.807, 2.05) is 7.05 Å². The van der Waals surface area contributed by atoms with Crippen molar-refractivity contribution in [3.63, 3.8) is 0 Å². The standard InChI is InChI=1S/C14H21FN2S/c1-5-14(2,3)17(4)9-11-7-6-10(13(16)18)8-12(11)15/h6-8H,5,9H2,1-4H3,(H2,16,18). The lowest BCUT2D eigenvalue weighted by atomic mass is 9.99. The van der Waals surface area contributed by atoms with Gasteiger partial charge in [-0.25, -0.2) is 4.39 Å². The third kappa shape index (κ3) is 3.50. The van der Waals surface area contributed by atoms with Gasteiger partial charge in [0, 0.05) is 23.2 Å². The van der Waals surface area contributed by atoms with Crippen LogP contribution < -0.4 is 5.73 Å². The van der Waals surface area contributed by atoms with E-state index >= 15 is 0 Å². The summed E-state index contributed by atoms with van der Waals surface area (Å²) in [5, 5.41) is 0. The molecule has 18 heavy (non-hydrogen) atoms. The van der Waals surface area contributed by atoms with Crippen molar-refractivity contribution < 1.29 is 4.39 Å². The van der Waals surface area contributed by atoms with Crippen molar-refractivity contribution in [3.8, 4) is 0 Å². The summed E-state index contributed by atoms with van der Waals surface area (Å²) in [6, 6.07) is 4.93. The zero-order chi connectivity index (χ0) is 13.9. The van der Waals surface area contributed by atoms with Crippen LogP contribution in [-0.2, 0) is 6.54 Å². The topological polar surface area (TPSA) is 29.3 Å². The van der Waals surface area contributed by atoms with Crippen LogP contribution in [0.3, 0.4) is 0 Å². The third-order valence-corrected chi connectivity index (χ3v) is 3.88. The lowest BCUT2D eigenvalue weighted by Crippen LogP contribution is -2.40. The van der Waals surface area contributed by atoms with Crippen LogP contribution in [-0.4, -0.2) is 22.5 Å². The van der Waals surface area contributed by atoms with Gasteiger partial charge in [-0.2, -0.15) is 0 Å². The quantitative estimate of drug-likeness (QED) is 0.832. The van der Waals surface area contributed by atoms with Gasteiger partial charge in [0.1, 0.15) is 10.8 Å². The Morgan fingerprint density at radius 3 is 2.50 bits per heavy atom. The van der Waals surface area contributed by atoms with Gasteiger partial charge in [0.2, 0.25) is 0 Å². The molecule has 0 saturated heterocycles. The Kier molecular flexibility index (Phi) is 4.82. The van der Waals surface area contributed by atoms with Gasteiger partial charge in [-0.15, -0.1) is 0 Å². The first-order valence-electron chi connectivity index (χ1n) is 6.07. The number of nitrogens with two attached hydrogens (primary N) is 1. The SMILES string of the molecule is CCC(C)(C)N(C)Cc1ccc(C(N)=S)cc1F. The average Bonchev–Trinajstić information content (AvgIpc) is 2.31. The second-order valence-electron chi connectivity index (χ2n) is 5.19. The molecule has 0 spiro atoms. The number of hydrogen-bond donors (Lipinski definition) is 1. The van der Waals surface area contributed by atoms with Crippen molar-refractivity contribution in [3.05, 3.63) is 35.1 Å². The molecule has 0 fully saturated rings. The molecule has 0 amide bonds. The van der Waals surface area contributed by atoms with Crippen LogP contribution in [0.4, 0.5) is 4.39 Å². The highest BCUT2D eigenvalue weighted by Crippen LogP contribution is 2.20. The second kappa shape index (κ2) is 5.76. The number of hydrogen-bond acceptors (Lipinski definition) is 2. The zero-order valence-corrected chi connectivity index (χ0v) is 12.3. The molecule has 0 bridgehead atoms. The van der Waals surface area contributed by atoms with Crippen LogP contribution in [0, 0.1) is 5.82 Å². The summed E-state index contributed by atoms with van der Waals surface area (Å²) in [5.74, 6) is -0.251.